The third kappa shape index (κ3) is 6.58. The van der Waals surface area contributed by atoms with E-state index in [-0.39, 0.29) is 29.1 Å². The van der Waals surface area contributed by atoms with E-state index in [1.807, 2.05) is 71.5 Å². The highest BCUT2D eigenvalue weighted by Crippen LogP contribution is 2.25. The van der Waals surface area contributed by atoms with Crippen LogP contribution in [0.3, 0.4) is 0 Å². The number of carbonyl (C=O) groups is 2. The molecule has 0 unspecified atom stereocenters. The van der Waals surface area contributed by atoms with Gasteiger partial charge in [-0.05, 0) is 36.4 Å². The van der Waals surface area contributed by atoms with Crippen LogP contribution in [0, 0.1) is 5.82 Å². The summed E-state index contributed by atoms with van der Waals surface area (Å²) >= 11 is 1.24. The molecule has 1 heterocycles. The van der Waals surface area contributed by atoms with E-state index < -0.39 is 0 Å². The average Bonchev–Trinajstić information content (AvgIpc) is 3.30. The lowest BCUT2D eigenvalue weighted by Crippen LogP contribution is -2.28. The van der Waals surface area contributed by atoms with Crippen LogP contribution in [0.25, 0.3) is 16.9 Å². The molecule has 0 saturated carbocycles. The summed E-state index contributed by atoms with van der Waals surface area (Å²) in [7, 11) is 1.75. The van der Waals surface area contributed by atoms with Crippen molar-refractivity contribution >= 4 is 29.3 Å². The van der Waals surface area contributed by atoms with Crippen LogP contribution in [0.2, 0.25) is 0 Å². The molecule has 0 fully saturated rings. The van der Waals surface area contributed by atoms with Crippen LogP contribution in [0.5, 0.6) is 0 Å². The van der Waals surface area contributed by atoms with Crippen molar-refractivity contribution in [1.29, 1.82) is 0 Å². The molecule has 2 amide bonds. The molecule has 1 N–H and O–H groups in total. The zero-order chi connectivity index (χ0) is 24.6. The Hall–Kier alpha value is -3.91. The molecule has 35 heavy (non-hydrogen) atoms. The number of carbonyl (C=O) groups excluding carboxylic acids is 2. The summed E-state index contributed by atoms with van der Waals surface area (Å²) in [5, 5.41) is 7.48. The van der Waals surface area contributed by atoms with Crippen molar-refractivity contribution in [1.82, 2.24) is 14.7 Å². The molecular formula is C27H25FN4O2S. The minimum atomic E-state index is -0.365. The lowest BCUT2D eigenvalue weighted by molar-refractivity contribution is -0.127. The second kappa shape index (κ2) is 11.5. The Kier molecular flexibility index (Phi) is 7.95. The minimum Gasteiger partial charge on any atom is -0.341 e. The molecule has 0 aliphatic heterocycles. The fourth-order valence-electron chi connectivity index (χ4n) is 3.49. The normalized spacial score (nSPS) is 10.7. The van der Waals surface area contributed by atoms with Gasteiger partial charge in [-0.1, -0.05) is 48.5 Å². The first-order valence-corrected chi connectivity index (χ1v) is 12.2. The summed E-state index contributed by atoms with van der Waals surface area (Å²) in [6.45, 7) is 0.387. The maximum absolute atomic E-state index is 13.0. The molecule has 6 nitrogen and oxygen atoms in total. The number of nitrogens with one attached hydrogen (secondary N) is 1. The molecule has 3 aromatic carbocycles. The Bertz CT molecular complexity index is 1280. The first-order chi connectivity index (χ1) is 17.0. The second-order valence-corrected chi connectivity index (χ2v) is 8.93. The van der Waals surface area contributed by atoms with E-state index in [2.05, 4.69) is 5.32 Å². The molecule has 0 spiro atoms. The van der Waals surface area contributed by atoms with Crippen molar-refractivity contribution in [2.24, 2.45) is 0 Å². The number of hydrogen-bond acceptors (Lipinski definition) is 4. The van der Waals surface area contributed by atoms with Gasteiger partial charge in [-0.2, -0.15) is 5.10 Å². The molecule has 0 saturated heterocycles. The second-order valence-electron chi connectivity index (χ2n) is 7.95. The number of nitrogens with zero attached hydrogens (tertiary/aromatic N) is 3. The van der Waals surface area contributed by atoms with E-state index in [1.165, 1.54) is 36.0 Å². The summed E-state index contributed by atoms with van der Waals surface area (Å²) < 4.78 is 14.8. The highest BCUT2D eigenvalue weighted by atomic mass is 32.2. The number of benzene rings is 3. The van der Waals surface area contributed by atoms with Gasteiger partial charge in [-0.15, -0.1) is 11.8 Å². The van der Waals surface area contributed by atoms with E-state index in [1.54, 1.807) is 11.9 Å². The van der Waals surface area contributed by atoms with Crippen LogP contribution in [-0.4, -0.2) is 45.0 Å². The van der Waals surface area contributed by atoms with E-state index in [4.69, 9.17) is 5.10 Å². The van der Waals surface area contributed by atoms with E-state index in [0.29, 0.717) is 12.2 Å². The van der Waals surface area contributed by atoms with Gasteiger partial charge in [-0.3, -0.25) is 9.59 Å². The molecule has 0 radical (unpaired) electrons. The summed E-state index contributed by atoms with van der Waals surface area (Å²) in [5.74, 6) is -0.404. The average molecular weight is 489 g/mol. The number of amides is 2. The van der Waals surface area contributed by atoms with Crippen molar-refractivity contribution in [3.63, 3.8) is 0 Å². The Morgan fingerprint density at radius 3 is 2.29 bits per heavy atom. The maximum atomic E-state index is 13.0. The molecule has 1 aromatic heterocycles. The van der Waals surface area contributed by atoms with Gasteiger partial charge in [0.15, 0.2) is 0 Å². The molecule has 0 bridgehead atoms. The molecule has 0 atom stereocenters. The van der Waals surface area contributed by atoms with Crippen molar-refractivity contribution in [3.8, 4) is 16.9 Å². The van der Waals surface area contributed by atoms with Gasteiger partial charge in [0.2, 0.25) is 11.8 Å². The Morgan fingerprint density at radius 2 is 1.60 bits per heavy atom. The van der Waals surface area contributed by atoms with Crippen molar-refractivity contribution in [3.05, 3.63) is 103 Å². The number of rotatable bonds is 9. The fraction of sp³-hybridized carbons (Fsp3) is 0.148. The lowest BCUT2D eigenvalue weighted by Gasteiger charge is -2.17. The third-order valence-electron chi connectivity index (χ3n) is 5.28. The van der Waals surface area contributed by atoms with Crippen molar-refractivity contribution in [2.75, 3.05) is 23.9 Å². The van der Waals surface area contributed by atoms with Gasteiger partial charge in [0.25, 0.3) is 0 Å². The maximum Gasteiger partial charge on any atom is 0.234 e. The van der Waals surface area contributed by atoms with Crippen LogP contribution in [-0.2, 0) is 16.1 Å². The topological polar surface area (TPSA) is 67.2 Å². The molecule has 4 aromatic rings. The molecule has 0 aliphatic rings. The SMILES string of the molecule is CN(Cc1cn(-c2ccccc2)nc1-c1ccccc1)C(=O)CSCC(=O)Nc1ccc(F)cc1. The summed E-state index contributed by atoms with van der Waals surface area (Å²) in [6.07, 6.45) is 1.95. The van der Waals surface area contributed by atoms with Gasteiger partial charge in [-0.25, -0.2) is 9.07 Å². The summed E-state index contributed by atoms with van der Waals surface area (Å²) in [6, 6.07) is 25.3. The number of hydrogen-bond donors (Lipinski definition) is 1. The standard InChI is InChI=1S/C27H25FN4O2S/c1-31(26(34)19-35-18-25(33)29-23-14-12-22(28)13-15-23)16-21-17-32(24-10-6-3-7-11-24)30-27(21)20-8-4-2-5-9-20/h2-15,17H,16,18-19H2,1H3,(H,29,33). The van der Waals surface area contributed by atoms with Crippen molar-refractivity contribution in [2.45, 2.75) is 6.54 Å². The first-order valence-electron chi connectivity index (χ1n) is 11.1. The summed E-state index contributed by atoms with van der Waals surface area (Å²) in [5.41, 5.74) is 4.18. The Balaban J connectivity index is 1.38. The van der Waals surface area contributed by atoms with Gasteiger partial charge in [0, 0.05) is 36.6 Å². The zero-order valence-electron chi connectivity index (χ0n) is 19.2. The highest BCUT2D eigenvalue weighted by Gasteiger charge is 2.17. The van der Waals surface area contributed by atoms with Gasteiger partial charge >= 0.3 is 0 Å². The highest BCUT2D eigenvalue weighted by molar-refractivity contribution is 8.00. The molecular weight excluding hydrogens is 463 g/mol. The molecule has 178 valence electrons. The van der Waals surface area contributed by atoms with E-state index >= 15 is 0 Å². The number of aromatic nitrogens is 2. The van der Waals surface area contributed by atoms with Crippen LogP contribution in [0.1, 0.15) is 5.56 Å². The van der Waals surface area contributed by atoms with E-state index in [0.717, 1.165) is 22.5 Å². The molecule has 4 rings (SSSR count). The van der Waals surface area contributed by atoms with Gasteiger partial charge < -0.3 is 10.2 Å². The van der Waals surface area contributed by atoms with Crippen molar-refractivity contribution < 1.29 is 14.0 Å². The predicted octanol–water partition coefficient (Wildman–Crippen LogP) is 5.01. The smallest absolute Gasteiger partial charge is 0.234 e. The summed E-state index contributed by atoms with van der Waals surface area (Å²) in [4.78, 5) is 26.5. The molecule has 0 aliphatic carbocycles. The third-order valence-corrected chi connectivity index (χ3v) is 6.20. The quantitative estimate of drug-likeness (QED) is 0.360. The number of anilines is 1. The van der Waals surface area contributed by atoms with Crippen LogP contribution in [0.15, 0.2) is 91.1 Å². The zero-order valence-corrected chi connectivity index (χ0v) is 20.0. The largest absolute Gasteiger partial charge is 0.341 e. The van der Waals surface area contributed by atoms with Crippen LogP contribution >= 0.6 is 11.8 Å². The minimum absolute atomic E-state index is 0.0870. The number of para-hydroxylation sites is 1. The lowest BCUT2D eigenvalue weighted by atomic mass is 10.1. The first kappa shape index (κ1) is 24.2. The number of halogens is 1. The Labute approximate surface area is 207 Å². The monoisotopic (exact) mass is 488 g/mol. The van der Waals surface area contributed by atoms with Crippen LogP contribution in [0.4, 0.5) is 10.1 Å². The van der Waals surface area contributed by atoms with Crippen LogP contribution < -0.4 is 5.32 Å². The predicted molar refractivity (Wildman–Crippen MR) is 138 cm³/mol. The van der Waals surface area contributed by atoms with Gasteiger partial charge in [0.1, 0.15) is 5.82 Å². The fourth-order valence-corrected chi connectivity index (χ4v) is 4.25. The van der Waals surface area contributed by atoms with Gasteiger partial charge in [0.05, 0.1) is 22.9 Å². The van der Waals surface area contributed by atoms with E-state index in [9.17, 15) is 14.0 Å². The molecule has 8 heteroatoms. The Morgan fingerprint density at radius 1 is 0.943 bits per heavy atom. The number of thioether (sulfide) groups is 1.